The number of carbonyl (C=O) groups is 1. The SMILES string of the molecule is CCC(C(=O)[O-])c1cc2cc(OC)c(OC)cc2c(C#Cc2ccccc2)c1-c1ccccc1. The molecule has 0 aliphatic carbocycles. The first-order chi connectivity index (χ1) is 16.6. The highest BCUT2D eigenvalue weighted by Crippen LogP contribution is 2.42. The minimum atomic E-state index is -1.11. The first-order valence-corrected chi connectivity index (χ1v) is 11.1. The molecule has 0 bridgehead atoms. The van der Waals surface area contributed by atoms with Gasteiger partial charge in [0, 0.05) is 34.0 Å². The number of benzene rings is 4. The highest BCUT2D eigenvalue weighted by molar-refractivity contribution is 5.99. The Hall–Kier alpha value is -4.23. The van der Waals surface area contributed by atoms with Crippen LogP contribution in [0.2, 0.25) is 0 Å². The zero-order valence-electron chi connectivity index (χ0n) is 19.4. The number of carboxylic acid groups (broad SMARTS) is 1. The van der Waals surface area contributed by atoms with Crippen LogP contribution in [-0.2, 0) is 4.79 Å². The molecule has 4 heteroatoms. The fourth-order valence-corrected chi connectivity index (χ4v) is 4.24. The van der Waals surface area contributed by atoms with Crippen molar-refractivity contribution in [3.05, 3.63) is 95.6 Å². The van der Waals surface area contributed by atoms with Crippen molar-refractivity contribution >= 4 is 16.7 Å². The van der Waals surface area contributed by atoms with Gasteiger partial charge < -0.3 is 19.4 Å². The van der Waals surface area contributed by atoms with Crippen LogP contribution in [0.3, 0.4) is 0 Å². The molecular formula is C30H25O4-. The third kappa shape index (κ3) is 4.46. The molecule has 0 N–H and O–H groups in total. The molecule has 4 rings (SSSR count). The molecule has 4 aromatic carbocycles. The molecule has 0 amide bonds. The van der Waals surface area contributed by atoms with Crippen molar-refractivity contribution in [2.24, 2.45) is 0 Å². The van der Waals surface area contributed by atoms with Gasteiger partial charge >= 0.3 is 0 Å². The van der Waals surface area contributed by atoms with E-state index >= 15 is 0 Å². The van der Waals surface area contributed by atoms with Crippen molar-refractivity contribution in [1.82, 2.24) is 0 Å². The molecule has 0 aliphatic rings. The van der Waals surface area contributed by atoms with Crippen LogP contribution in [0.15, 0.2) is 78.9 Å². The van der Waals surface area contributed by atoms with Gasteiger partial charge in [-0.25, -0.2) is 0 Å². The van der Waals surface area contributed by atoms with E-state index in [4.69, 9.17) is 9.47 Å². The van der Waals surface area contributed by atoms with E-state index in [2.05, 4.69) is 11.8 Å². The van der Waals surface area contributed by atoms with Crippen LogP contribution < -0.4 is 14.6 Å². The van der Waals surface area contributed by atoms with Crippen LogP contribution in [0, 0.1) is 11.8 Å². The highest BCUT2D eigenvalue weighted by Gasteiger charge is 2.22. The Kier molecular flexibility index (Phi) is 6.85. The van der Waals surface area contributed by atoms with Gasteiger partial charge in [-0.05, 0) is 53.3 Å². The predicted octanol–water partition coefficient (Wildman–Crippen LogP) is 5.17. The Morgan fingerprint density at radius 3 is 2.09 bits per heavy atom. The molecule has 0 fully saturated rings. The van der Waals surface area contributed by atoms with E-state index in [0.717, 1.165) is 33.0 Å². The van der Waals surface area contributed by atoms with Crippen LogP contribution in [-0.4, -0.2) is 20.2 Å². The molecule has 4 nitrogen and oxygen atoms in total. The van der Waals surface area contributed by atoms with Gasteiger partial charge in [0.25, 0.3) is 0 Å². The maximum absolute atomic E-state index is 12.2. The molecule has 1 unspecified atom stereocenters. The van der Waals surface area contributed by atoms with Gasteiger partial charge in [-0.2, -0.15) is 0 Å². The molecule has 4 aromatic rings. The summed E-state index contributed by atoms with van der Waals surface area (Å²) in [6.45, 7) is 1.85. The van der Waals surface area contributed by atoms with Crippen LogP contribution in [0.5, 0.6) is 11.5 Å². The fourth-order valence-electron chi connectivity index (χ4n) is 4.24. The second-order valence-electron chi connectivity index (χ2n) is 7.91. The lowest BCUT2D eigenvalue weighted by Crippen LogP contribution is -2.29. The Morgan fingerprint density at radius 1 is 0.882 bits per heavy atom. The maximum atomic E-state index is 12.2. The number of carboxylic acids is 1. The minimum Gasteiger partial charge on any atom is -0.549 e. The van der Waals surface area contributed by atoms with E-state index in [1.54, 1.807) is 14.2 Å². The van der Waals surface area contributed by atoms with E-state index in [9.17, 15) is 9.90 Å². The minimum absolute atomic E-state index is 0.395. The van der Waals surface area contributed by atoms with Gasteiger partial charge in [0.15, 0.2) is 11.5 Å². The second-order valence-corrected chi connectivity index (χ2v) is 7.91. The van der Waals surface area contributed by atoms with Crippen molar-refractivity contribution in [1.29, 1.82) is 0 Å². The Bertz CT molecular complexity index is 1380. The topological polar surface area (TPSA) is 58.6 Å². The lowest BCUT2D eigenvalue weighted by atomic mass is 9.83. The largest absolute Gasteiger partial charge is 0.549 e. The molecular weight excluding hydrogens is 424 g/mol. The third-order valence-electron chi connectivity index (χ3n) is 5.91. The maximum Gasteiger partial charge on any atom is 0.161 e. The van der Waals surface area contributed by atoms with E-state index in [0.29, 0.717) is 23.5 Å². The van der Waals surface area contributed by atoms with Crippen molar-refractivity contribution < 1.29 is 19.4 Å². The predicted molar refractivity (Wildman–Crippen MR) is 133 cm³/mol. The summed E-state index contributed by atoms with van der Waals surface area (Å²) in [5.74, 6) is 5.87. The molecule has 170 valence electrons. The quantitative estimate of drug-likeness (QED) is 0.381. The molecule has 0 saturated heterocycles. The molecule has 0 aromatic heterocycles. The zero-order chi connectivity index (χ0) is 24.1. The van der Waals surface area contributed by atoms with E-state index in [-0.39, 0.29) is 0 Å². The van der Waals surface area contributed by atoms with Crippen molar-refractivity contribution in [2.45, 2.75) is 19.3 Å². The summed E-state index contributed by atoms with van der Waals surface area (Å²) in [5, 5.41) is 13.9. The summed E-state index contributed by atoms with van der Waals surface area (Å²) >= 11 is 0. The average Bonchev–Trinajstić information content (AvgIpc) is 2.87. The highest BCUT2D eigenvalue weighted by atomic mass is 16.5. The molecule has 0 saturated carbocycles. The number of carbonyl (C=O) groups excluding carboxylic acids is 1. The molecule has 0 heterocycles. The van der Waals surface area contributed by atoms with Crippen molar-refractivity contribution in [3.8, 4) is 34.5 Å². The van der Waals surface area contributed by atoms with Crippen LogP contribution in [0.4, 0.5) is 0 Å². The summed E-state index contributed by atoms with van der Waals surface area (Å²) in [6, 6.07) is 25.1. The number of rotatable bonds is 6. The monoisotopic (exact) mass is 449 g/mol. The number of hydrogen-bond acceptors (Lipinski definition) is 4. The molecule has 0 spiro atoms. The average molecular weight is 450 g/mol. The zero-order valence-corrected chi connectivity index (χ0v) is 19.4. The first kappa shape index (κ1) is 22.9. The van der Waals surface area contributed by atoms with Gasteiger partial charge in [-0.15, -0.1) is 0 Å². The van der Waals surface area contributed by atoms with Gasteiger partial charge in [0.2, 0.25) is 0 Å². The lowest BCUT2D eigenvalue weighted by molar-refractivity contribution is -0.308. The smallest absolute Gasteiger partial charge is 0.161 e. The van der Waals surface area contributed by atoms with Crippen molar-refractivity contribution in [3.63, 3.8) is 0 Å². The van der Waals surface area contributed by atoms with Crippen molar-refractivity contribution in [2.75, 3.05) is 14.2 Å². The molecule has 1 atom stereocenters. The first-order valence-electron chi connectivity index (χ1n) is 11.1. The summed E-state index contributed by atoms with van der Waals surface area (Å²) in [4.78, 5) is 12.2. The molecule has 0 aliphatic heterocycles. The normalized spacial score (nSPS) is 11.4. The summed E-state index contributed by atoms with van der Waals surface area (Å²) in [6.07, 6.45) is 0.395. The fraction of sp³-hybridized carbons (Fsp3) is 0.167. The standard InChI is InChI=1S/C30H26O4/c1-4-23(30(31)32)26-17-22-18-27(33-2)28(34-3)19-25(22)24(16-15-20-11-7-5-8-12-20)29(26)21-13-9-6-10-14-21/h5-14,17-19,23H,4H2,1-3H3,(H,31,32)/p-1. The lowest BCUT2D eigenvalue weighted by Gasteiger charge is -2.23. The van der Waals surface area contributed by atoms with E-state index < -0.39 is 11.9 Å². The number of ether oxygens (including phenoxy) is 2. The number of aliphatic carboxylic acids is 1. The van der Waals surface area contributed by atoms with E-state index in [1.165, 1.54) is 0 Å². The number of fused-ring (bicyclic) bond motifs is 1. The van der Waals surface area contributed by atoms with Crippen LogP contribution >= 0.6 is 0 Å². The van der Waals surface area contributed by atoms with E-state index in [1.807, 2.05) is 85.8 Å². The Balaban J connectivity index is 2.16. The molecule has 34 heavy (non-hydrogen) atoms. The summed E-state index contributed by atoms with van der Waals surface area (Å²) in [7, 11) is 3.17. The van der Waals surface area contributed by atoms with Crippen LogP contribution in [0.25, 0.3) is 21.9 Å². The number of methoxy groups -OCH3 is 2. The van der Waals surface area contributed by atoms with Crippen LogP contribution in [0.1, 0.15) is 36.0 Å². The second kappa shape index (κ2) is 10.1. The Labute approximate surface area is 199 Å². The summed E-state index contributed by atoms with van der Waals surface area (Å²) < 4.78 is 11.1. The summed E-state index contributed by atoms with van der Waals surface area (Å²) in [5.41, 5.74) is 3.97. The van der Waals surface area contributed by atoms with Gasteiger partial charge in [-0.1, -0.05) is 67.3 Å². The third-order valence-corrected chi connectivity index (χ3v) is 5.91. The van der Waals surface area contributed by atoms with Gasteiger partial charge in [0.1, 0.15) is 0 Å². The van der Waals surface area contributed by atoms with Gasteiger partial charge in [0.05, 0.1) is 14.2 Å². The molecule has 0 radical (unpaired) electrons. The van der Waals surface area contributed by atoms with Gasteiger partial charge in [-0.3, -0.25) is 0 Å². The Morgan fingerprint density at radius 2 is 1.50 bits per heavy atom. The number of hydrogen-bond donors (Lipinski definition) is 0.